The van der Waals surface area contributed by atoms with Crippen molar-refractivity contribution in [3.63, 3.8) is 0 Å². The van der Waals surface area contributed by atoms with Crippen LogP contribution in [0.25, 0.3) is 22.4 Å². The number of ether oxygens (including phenoxy) is 1. The number of nitrogens with one attached hydrogen (secondary N) is 1. The van der Waals surface area contributed by atoms with E-state index in [0.717, 1.165) is 40.4 Å². The van der Waals surface area contributed by atoms with E-state index in [1.165, 1.54) is 0 Å². The third-order valence-corrected chi connectivity index (χ3v) is 5.71. The number of hydrogen-bond donors (Lipinski definition) is 1. The number of hydrogen-bond acceptors (Lipinski definition) is 5. The first-order valence-electron chi connectivity index (χ1n) is 9.86. The largest absolute Gasteiger partial charge is 0.497 e. The van der Waals surface area contributed by atoms with Gasteiger partial charge in [-0.2, -0.15) is 0 Å². The smallest absolute Gasteiger partial charge is 0.252 e. The molecule has 6 heteroatoms. The fraction of sp³-hybridized carbons (Fsp3) is 0.208. The van der Waals surface area contributed by atoms with Crippen molar-refractivity contribution in [3.05, 3.63) is 77.8 Å². The van der Waals surface area contributed by atoms with Gasteiger partial charge in [0.2, 0.25) is 5.89 Å². The van der Waals surface area contributed by atoms with Gasteiger partial charge in [0.05, 0.1) is 24.4 Å². The number of carbonyl (C=O) groups is 1. The molecule has 0 saturated heterocycles. The molecule has 0 unspecified atom stereocenters. The second kappa shape index (κ2) is 6.99. The molecule has 0 aliphatic heterocycles. The van der Waals surface area contributed by atoms with Crippen molar-refractivity contribution in [2.75, 3.05) is 7.11 Å². The zero-order valence-corrected chi connectivity index (χ0v) is 16.8. The number of carbonyl (C=O) groups excluding carboxylic acids is 1. The van der Waals surface area contributed by atoms with Crippen molar-refractivity contribution in [1.82, 2.24) is 15.3 Å². The highest BCUT2D eigenvalue weighted by Crippen LogP contribution is 2.49. The quantitative estimate of drug-likeness (QED) is 0.530. The van der Waals surface area contributed by atoms with Gasteiger partial charge in [-0.1, -0.05) is 12.1 Å². The van der Waals surface area contributed by atoms with Crippen LogP contribution in [0.5, 0.6) is 5.75 Å². The van der Waals surface area contributed by atoms with Crippen LogP contribution in [0.15, 0.2) is 65.5 Å². The summed E-state index contributed by atoms with van der Waals surface area (Å²) in [7, 11) is 1.60. The molecule has 0 radical (unpaired) electrons. The van der Waals surface area contributed by atoms with Crippen LogP contribution < -0.4 is 10.1 Å². The van der Waals surface area contributed by atoms with Crippen LogP contribution >= 0.6 is 0 Å². The van der Waals surface area contributed by atoms with E-state index in [1.54, 1.807) is 31.8 Å². The van der Waals surface area contributed by atoms with Crippen molar-refractivity contribution >= 4 is 16.8 Å². The summed E-state index contributed by atoms with van der Waals surface area (Å²) in [5, 5.41) is 4.30. The summed E-state index contributed by atoms with van der Waals surface area (Å²) < 4.78 is 10.8. The van der Waals surface area contributed by atoms with Gasteiger partial charge in [0, 0.05) is 22.7 Å². The molecule has 30 heavy (non-hydrogen) atoms. The average Bonchev–Trinajstić information content (AvgIpc) is 3.33. The first-order chi connectivity index (χ1) is 14.6. The highest BCUT2D eigenvalue weighted by Gasteiger charge is 2.47. The van der Waals surface area contributed by atoms with Gasteiger partial charge in [-0.3, -0.25) is 9.78 Å². The predicted molar refractivity (Wildman–Crippen MR) is 113 cm³/mol. The van der Waals surface area contributed by atoms with Crippen molar-refractivity contribution < 1.29 is 13.9 Å². The van der Waals surface area contributed by atoms with Gasteiger partial charge < -0.3 is 14.5 Å². The Morgan fingerprint density at radius 3 is 2.73 bits per heavy atom. The van der Waals surface area contributed by atoms with Gasteiger partial charge in [0.25, 0.3) is 5.91 Å². The molecule has 2 heterocycles. The highest BCUT2D eigenvalue weighted by atomic mass is 16.5. The molecule has 4 aromatic rings. The summed E-state index contributed by atoms with van der Waals surface area (Å²) >= 11 is 0. The molecular weight excluding hydrogens is 378 g/mol. The molecule has 0 atom stereocenters. The Labute approximate surface area is 173 Å². The van der Waals surface area contributed by atoms with Crippen LogP contribution in [-0.2, 0) is 5.54 Å². The summed E-state index contributed by atoms with van der Waals surface area (Å²) in [6, 6.07) is 13.5. The Kier molecular flexibility index (Phi) is 4.28. The summed E-state index contributed by atoms with van der Waals surface area (Å²) in [6.45, 7) is 1.93. The number of benzene rings is 2. The molecule has 5 rings (SSSR count). The maximum atomic E-state index is 13.2. The number of amides is 1. The van der Waals surface area contributed by atoms with E-state index in [0.29, 0.717) is 17.2 Å². The maximum Gasteiger partial charge on any atom is 0.252 e. The number of aryl methyl sites for hydroxylation is 1. The number of oxazole rings is 1. The Hall–Kier alpha value is -3.67. The normalized spacial score (nSPS) is 14.5. The molecule has 2 aromatic heterocycles. The molecule has 0 bridgehead atoms. The van der Waals surface area contributed by atoms with Crippen LogP contribution in [-0.4, -0.2) is 23.0 Å². The molecule has 1 aliphatic rings. The van der Waals surface area contributed by atoms with Crippen molar-refractivity contribution in [1.29, 1.82) is 0 Å². The third-order valence-electron chi connectivity index (χ3n) is 5.71. The van der Waals surface area contributed by atoms with E-state index in [2.05, 4.69) is 21.4 Å². The molecular formula is C24H21N3O3. The van der Waals surface area contributed by atoms with Crippen LogP contribution in [0.3, 0.4) is 0 Å². The molecule has 1 aliphatic carbocycles. The minimum atomic E-state index is -0.434. The standard InChI is InChI=1S/C24H21N3O3/c1-15-5-6-17(29-2)14-19(15)22(28)27-24(7-8-24)20-12-16(23-26-10-11-30-23)13-21-18(20)4-3-9-25-21/h3-6,9-14H,7-8H2,1-2H3,(H,27,28). The first-order valence-corrected chi connectivity index (χ1v) is 9.86. The Balaban J connectivity index is 1.57. The molecule has 6 nitrogen and oxygen atoms in total. The zero-order chi connectivity index (χ0) is 20.7. The summed E-state index contributed by atoms with van der Waals surface area (Å²) in [5.74, 6) is 1.09. The molecule has 150 valence electrons. The lowest BCUT2D eigenvalue weighted by molar-refractivity contribution is 0.0930. The minimum absolute atomic E-state index is 0.109. The van der Waals surface area contributed by atoms with Crippen molar-refractivity contribution in [2.24, 2.45) is 0 Å². The van der Waals surface area contributed by atoms with E-state index in [-0.39, 0.29) is 5.91 Å². The van der Waals surface area contributed by atoms with Gasteiger partial charge in [0.1, 0.15) is 12.0 Å². The molecule has 1 fully saturated rings. The van der Waals surface area contributed by atoms with Crippen molar-refractivity contribution in [3.8, 4) is 17.2 Å². The Morgan fingerprint density at radius 2 is 2.00 bits per heavy atom. The number of methoxy groups -OCH3 is 1. The summed E-state index contributed by atoms with van der Waals surface area (Å²) in [4.78, 5) is 22.0. The lowest BCUT2D eigenvalue weighted by atomic mass is 9.95. The monoisotopic (exact) mass is 399 g/mol. The van der Waals surface area contributed by atoms with Crippen LogP contribution in [0.4, 0.5) is 0 Å². The number of nitrogens with zero attached hydrogens (tertiary/aromatic N) is 2. The fourth-order valence-corrected chi connectivity index (χ4v) is 3.91. The molecule has 1 saturated carbocycles. The molecule has 1 amide bonds. The lowest BCUT2D eigenvalue weighted by Crippen LogP contribution is -2.35. The van der Waals surface area contributed by atoms with E-state index in [1.807, 2.05) is 37.3 Å². The highest BCUT2D eigenvalue weighted by molar-refractivity contribution is 5.97. The van der Waals surface area contributed by atoms with E-state index >= 15 is 0 Å². The number of fused-ring (bicyclic) bond motifs is 1. The average molecular weight is 399 g/mol. The number of rotatable bonds is 5. The van der Waals surface area contributed by atoms with E-state index in [4.69, 9.17) is 9.15 Å². The molecule has 1 N–H and O–H groups in total. The van der Waals surface area contributed by atoms with Crippen LogP contribution in [0.1, 0.15) is 34.3 Å². The van der Waals surface area contributed by atoms with Crippen LogP contribution in [0, 0.1) is 6.92 Å². The van der Waals surface area contributed by atoms with Crippen LogP contribution in [0.2, 0.25) is 0 Å². The van der Waals surface area contributed by atoms with Gasteiger partial charge in [-0.15, -0.1) is 0 Å². The lowest BCUT2D eigenvalue weighted by Gasteiger charge is -2.21. The molecule has 0 spiro atoms. The van der Waals surface area contributed by atoms with Crippen molar-refractivity contribution in [2.45, 2.75) is 25.3 Å². The first kappa shape index (κ1) is 18.4. The topological polar surface area (TPSA) is 77.2 Å². The maximum absolute atomic E-state index is 13.2. The van der Waals surface area contributed by atoms with Gasteiger partial charge in [-0.05, 0) is 61.2 Å². The second-order valence-corrected chi connectivity index (χ2v) is 7.65. The second-order valence-electron chi connectivity index (χ2n) is 7.65. The number of aromatic nitrogens is 2. The zero-order valence-electron chi connectivity index (χ0n) is 16.8. The number of pyridine rings is 1. The predicted octanol–water partition coefficient (Wildman–Crippen LogP) is 4.63. The molecule has 2 aromatic carbocycles. The van der Waals surface area contributed by atoms with Gasteiger partial charge in [0.15, 0.2) is 0 Å². The Morgan fingerprint density at radius 1 is 1.13 bits per heavy atom. The van der Waals surface area contributed by atoms with E-state index < -0.39 is 5.54 Å². The Bertz CT molecular complexity index is 1240. The third kappa shape index (κ3) is 3.10. The minimum Gasteiger partial charge on any atom is -0.497 e. The van der Waals surface area contributed by atoms with Gasteiger partial charge in [-0.25, -0.2) is 4.98 Å². The SMILES string of the molecule is COc1ccc(C)c(C(=O)NC2(c3cc(-c4ncco4)cc4ncccc34)CC2)c1. The summed E-state index contributed by atoms with van der Waals surface area (Å²) in [5.41, 5.74) is 3.82. The van der Waals surface area contributed by atoms with E-state index in [9.17, 15) is 4.79 Å². The van der Waals surface area contributed by atoms with Gasteiger partial charge >= 0.3 is 0 Å². The fourth-order valence-electron chi connectivity index (χ4n) is 3.91. The summed E-state index contributed by atoms with van der Waals surface area (Å²) in [6.07, 6.45) is 6.67.